The van der Waals surface area contributed by atoms with Crippen molar-refractivity contribution in [3.05, 3.63) is 65.6 Å². The number of anilines is 1. The number of sulfonamides is 1. The fraction of sp³-hybridized carbons (Fsp3) is 0.370. The summed E-state index contributed by atoms with van der Waals surface area (Å²) in [5.41, 5.74) is -1.16. The number of pyridine rings is 1. The molecule has 0 aliphatic carbocycles. The minimum Gasteiger partial charge on any atom is -0.492 e. The van der Waals surface area contributed by atoms with Crippen molar-refractivity contribution >= 4 is 27.7 Å². The predicted octanol–water partition coefficient (Wildman–Crippen LogP) is 3.93. The van der Waals surface area contributed by atoms with Crippen molar-refractivity contribution in [2.75, 3.05) is 43.4 Å². The first-order valence-electron chi connectivity index (χ1n) is 13.3. The molecule has 2 amide bonds. The zero-order valence-corrected chi connectivity index (χ0v) is 24.3. The highest BCUT2D eigenvalue weighted by Crippen LogP contribution is 2.34. The smallest absolute Gasteiger partial charge is 0.416 e. The zero-order valence-electron chi connectivity index (χ0n) is 23.5. The Morgan fingerprint density at radius 1 is 0.933 bits per heavy atom. The van der Waals surface area contributed by atoms with E-state index < -0.39 is 57.6 Å². The van der Waals surface area contributed by atoms with E-state index in [0.29, 0.717) is 17.9 Å². The van der Waals surface area contributed by atoms with E-state index in [2.05, 4.69) is 15.2 Å². The van der Waals surface area contributed by atoms with Gasteiger partial charge in [-0.2, -0.15) is 26.3 Å². The number of rotatable bonds is 9. The summed E-state index contributed by atoms with van der Waals surface area (Å²) in [6.07, 6.45) is -8.29. The highest BCUT2D eigenvalue weighted by Gasteiger charge is 2.33. The molecule has 0 spiro atoms. The third-order valence-corrected chi connectivity index (χ3v) is 7.78. The van der Waals surface area contributed by atoms with Crippen molar-refractivity contribution in [2.45, 2.75) is 25.7 Å². The Bertz CT molecular complexity index is 1640. The number of carbonyl (C=O) groups excluding carboxylic acids is 2. The molecule has 1 aliphatic heterocycles. The molecule has 0 unspecified atom stereocenters. The van der Waals surface area contributed by atoms with Crippen molar-refractivity contribution < 1.29 is 49.1 Å². The van der Waals surface area contributed by atoms with Crippen LogP contribution >= 0.6 is 0 Å². The third kappa shape index (κ3) is 9.02. The van der Waals surface area contributed by atoms with E-state index in [4.69, 9.17) is 4.74 Å². The highest BCUT2D eigenvalue weighted by atomic mass is 32.2. The van der Waals surface area contributed by atoms with E-state index in [0.717, 1.165) is 18.2 Å². The maximum Gasteiger partial charge on any atom is 0.416 e. The van der Waals surface area contributed by atoms with Gasteiger partial charge >= 0.3 is 12.4 Å². The van der Waals surface area contributed by atoms with Gasteiger partial charge in [0.15, 0.2) is 11.5 Å². The monoisotopic (exact) mass is 660 g/mol. The standard InChI is InChI=1S/C27H26F6N6O5S/c1-2-44-21-14-19(15-34-16-21)17-11-18(13-20(12-17)27(31,32)33)25(41)39-8-6-38(7-9-39)23-4-3-22(35-36-23)24(40)37-45(42,43)10-5-26(28,29)30/h3-4,11-16H,2,5-10H2,1H3,(H,37,40). The lowest BCUT2D eigenvalue weighted by Gasteiger charge is -2.35. The molecule has 3 heterocycles. The SMILES string of the molecule is CCOc1cncc(-c2cc(C(=O)N3CCN(c4ccc(C(=O)NS(=O)(=O)CCC(F)(F)F)nn4)CC3)cc(C(F)(F)F)c2)c1. The molecular formula is C27H26F6N6O5S. The van der Waals surface area contributed by atoms with E-state index in [1.807, 2.05) is 0 Å². The van der Waals surface area contributed by atoms with E-state index in [9.17, 15) is 44.3 Å². The van der Waals surface area contributed by atoms with E-state index >= 15 is 0 Å². The second-order valence-corrected chi connectivity index (χ2v) is 11.7. The molecule has 242 valence electrons. The second-order valence-electron chi connectivity index (χ2n) is 9.81. The summed E-state index contributed by atoms with van der Waals surface area (Å²) in [6, 6.07) is 7.08. The van der Waals surface area contributed by atoms with Gasteiger partial charge in [-0.15, -0.1) is 10.2 Å². The van der Waals surface area contributed by atoms with Gasteiger partial charge in [0.05, 0.1) is 30.5 Å². The summed E-state index contributed by atoms with van der Waals surface area (Å²) in [5.74, 6) is -2.61. The van der Waals surface area contributed by atoms with Gasteiger partial charge in [0.1, 0.15) is 5.75 Å². The van der Waals surface area contributed by atoms with Crippen LogP contribution in [0, 0.1) is 0 Å². The first kappa shape index (κ1) is 33.4. The van der Waals surface area contributed by atoms with Gasteiger partial charge in [0.25, 0.3) is 11.8 Å². The Hall–Kier alpha value is -4.48. The normalized spacial score (nSPS) is 14.3. The van der Waals surface area contributed by atoms with Crippen LogP contribution in [-0.2, 0) is 16.2 Å². The number of carbonyl (C=O) groups is 2. The first-order valence-corrected chi connectivity index (χ1v) is 15.0. The predicted molar refractivity (Wildman–Crippen MR) is 148 cm³/mol. The molecule has 0 radical (unpaired) electrons. The second kappa shape index (κ2) is 13.3. The number of ether oxygens (including phenoxy) is 1. The molecule has 0 saturated carbocycles. The van der Waals surface area contributed by atoms with Crippen LogP contribution in [0.1, 0.15) is 39.8 Å². The average Bonchev–Trinajstić information content (AvgIpc) is 2.99. The van der Waals surface area contributed by atoms with Crippen LogP contribution < -0.4 is 14.4 Å². The van der Waals surface area contributed by atoms with Gasteiger partial charge in [-0.05, 0) is 48.9 Å². The molecule has 0 atom stereocenters. The van der Waals surface area contributed by atoms with Gasteiger partial charge in [-0.3, -0.25) is 14.6 Å². The van der Waals surface area contributed by atoms with Crippen LogP contribution in [-0.4, -0.2) is 85.0 Å². The Balaban J connectivity index is 1.43. The number of nitrogens with zero attached hydrogens (tertiary/aromatic N) is 5. The van der Waals surface area contributed by atoms with Gasteiger partial charge in [-0.1, -0.05) is 0 Å². The third-order valence-electron chi connectivity index (χ3n) is 6.54. The highest BCUT2D eigenvalue weighted by molar-refractivity contribution is 7.90. The van der Waals surface area contributed by atoms with Gasteiger partial charge < -0.3 is 14.5 Å². The lowest BCUT2D eigenvalue weighted by Crippen LogP contribution is -2.49. The van der Waals surface area contributed by atoms with Crippen molar-refractivity contribution in [1.82, 2.24) is 24.8 Å². The minimum atomic E-state index is -4.72. The molecule has 1 fully saturated rings. The number of nitrogens with one attached hydrogen (secondary N) is 1. The minimum absolute atomic E-state index is 0.104. The number of piperazine rings is 1. The molecule has 0 bridgehead atoms. The number of hydrogen-bond acceptors (Lipinski definition) is 9. The Morgan fingerprint density at radius 2 is 1.64 bits per heavy atom. The van der Waals surface area contributed by atoms with Crippen molar-refractivity contribution in [3.8, 4) is 16.9 Å². The summed E-state index contributed by atoms with van der Waals surface area (Å²) < 4.78 is 109. The molecule has 11 nitrogen and oxygen atoms in total. The molecule has 1 N–H and O–H groups in total. The quantitative estimate of drug-likeness (QED) is 0.339. The lowest BCUT2D eigenvalue weighted by molar-refractivity contribution is -0.137. The van der Waals surface area contributed by atoms with Crippen LogP contribution in [0.2, 0.25) is 0 Å². The van der Waals surface area contributed by atoms with Gasteiger partial charge in [0.2, 0.25) is 10.0 Å². The van der Waals surface area contributed by atoms with Crippen molar-refractivity contribution in [2.24, 2.45) is 0 Å². The molecule has 1 aromatic carbocycles. The molecule has 45 heavy (non-hydrogen) atoms. The summed E-state index contributed by atoms with van der Waals surface area (Å²) in [5, 5.41) is 7.51. The maximum absolute atomic E-state index is 13.8. The van der Waals surface area contributed by atoms with E-state index in [-0.39, 0.29) is 43.1 Å². The molecule has 1 aliphatic rings. The summed E-state index contributed by atoms with van der Waals surface area (Å²) >= 11 is 0. The number of amides is 2. The van der Waals surface area contributed by atoms with Crippen LogP contribution in [0.5, 0.6) is 5.75 Å². The largest absolute Gasteiger partial charge is 0.492 e. The van der Waals surface area contributed by atoms with Crippen LogP contribution in [0.3, 0.4) is 0 Å². The number of aromatic nitrogens is 3. The number of hydrogen-bond donors (Lipinski definition) is 1. The summed E-state index contributed by atoms with van der Waals surface area (Å²) in [4.78, 5) is 32.6. The molecule has 3 aromatic rings. The maximum atomic E-state index is 13.8. The van der Waals surface area contributed by atoms with Crippen molar-refractivity contribution in [1.29, 1.82) is 0 Å². The fourth-order valence-corrected chi connectivity index (χ4v) is 5.32. The summed E-state index contributed by atoms with van der Waals surface area (Å²) in [6.45, 7) is 2.68. The zero-order chi connectivity index (χ0) is 33.0. The van der Waals surface area contributed by atoms with Crippen molar-refractivity contribution in [3.63, 3.8) is 0 Å². The van der Waals surface area contributed by atoms with Gasteiger partial charge in [0, 0.05) is 43.5 Å². The number of benzene rings is 1. The molecule has 1 saturated heterocycles. The fourth-order valence-electron chi connectivity index (χ4n) is 4.33. The number of alkyl halides is 6. The van der Waals surface area contributed by atoms with Crippen LogP contribution in [0.15, 0.2) is 48.8 Å². The van der Waals surface area contributed by atoms with Crippen LogP contribution in [0.25, 0.3) is 11.1 Å². The Morgan fingerprint density at radius 3 is 2.24 bits per heavy atom. The molecular weight excluding hydrogens is 634 g/mol. The Labute approximate surface area is 253 Å². The molecule has 2 aromatic heterocycles. The van der Waals surface area contributed by atoms with Crippen LogP contribution in [0.4, 0.5) is 32.2 Å². The van der Waals surface area contributed by atoms with E-state index in [1.54, 1.807) is 11.8 Å². The molecule has 18 heteroatoms. The Kier molecular flexibility index (Phi) is 9.84. The van der Waals surface area contributed by atoms with Gasteiger partial charge in [-0.25, -0.2) is 13.1 Å². The number of halogens is 6. The lowest BCUT2D eigenvalue weighted by atomic mass is 9.99. The first-order chi connectivity index (χ1) is 21.0. The average molecular weight is 661 g/mol. The van der Waals surface area contributed by atoms with E-state index in [1.165, 1.54) is 40.2 Å². The molecule has 4 rings (SSSR count). The summed E-state index contributed by atoms with van der Waals surface area (Å²) in [7, 11) is -4.57. The topological polar surface area (TPSA) is 135 Å².